The predicted molar refractivity (Wildman–Crippen MR) is 112 cm³/mol. The summed E-state index contributed by atoms with van der Waals surface area (Å²) in [4.78, 5) is 4.13. The van der Waals surface area contributed by atoms with Gasteiger partial charge < -0.3 is 10.3 Å². The van der Waals surface area contributed by atoms with Crippen LogP contribution < -0.4 is 10.5 Å². The van der Waals surface area contributed by atoms with Crippen molar-refractivity contribution in [1.29, 1.82) is 0 Å². The monoisotopic (exact) mass is 468 g/mol. The van der Waals surface area contributed by atoms with Gasteiger partial charge in [-0.3, -0.25) is 0 Å². The molecule has 0 atom stereocenters. The van der Waals surface area contributed by atoms with Crippen molar-refractivity contribution < 1.29 is 26.0 Å². The van der Waals surface area contributed by atoms with Crippen molar-refractivity contribution in [3.05, 3.63) is 60.2 Å². The predicted octanol–water partition coefficient (Wildman–Crippen LogP) is 3.97. The molecule has 2 aromatic carbocycles. The zero-order chi connectivity index (χ0) is 23.1. The van der Waals surface area contributed by atoms with Gasteiger partial charge in [-0.15, -0.1) is 0 Å². The molecule has 6 nitrogen and oxygen atoms in total. The quantitative estimate of drug-likeness (QED) is 0.514. The number of nitrogens with one attached hydrogen (secondary N) is 1. The standard InChI is InChI=1S/C21H20F4N4O2S/c22-15(6-7-26)11-29-12-27-20-18(9-14(10-19(20)29)21(23,24)25)13-2-1-3-17(8-13)32(30,31)28-16-4-5-16/h1-3,6,8-10,12,16,28H,4-5,7,11,26H2/b15-6-. The third kappa shape index (κ3) is 4.69. The van der Waals surface area contributed by atoms with E-state index in [1.165, 1.54) is 35.2 Å². The number of halogens is 4. The number of imidazole rings is 1. The maximum atomic E-state index is 14.0. The lowest BCUT2D eigenvalue weighted by molar-refractivity contribution is -0.137. The summed E-state index contributed by atoms with van der Waals surface area (Å²) in [6.07, 6.45) is -0.796. The first-order valence-electron chi connectivity index (χ1n) is 9.82. The first kappa shape index (κ1) is 22.4. The Balaban J connectivity index is 1.86. The number of sulfonamides is 1. The highest BCUT2D eigenvalue weighted by molar-refractivity contribution is 7.89. The van der Waals surface area contributed by atoms with E-state index in [-0.39, 0.29) is 46.2 Å². The number of aromatic nitrogens is 2. The minimum atomic E-state index is -4.67. The van der Waals surface area contributed by atoms with Crippen LogP contribution in [0.25, 0.3) is 22.2 Å². The van der Waals surface area contributed by atoms with Crippen LogP contribution in [0.5, 0.6) is 0 Å². The molecule has 1 saturated carbocycles. The summed E-state index contributed by atoms with van der Waals surface area (Å²) >= 11 is 0. The Morgan fingerprint density at radius 3 is 2.66 bits per heavy atom. The van der Waals surface area contributed by atoms with Crippen LogP contribution >= 0.6 is 0 Å². The van der Waals surface area contributed by atoms with Crippen LogP contribution in [0.1, 0.15) is 18.4 Å². The molecule has 4 rings (SSSR count). The molecule has 0 amide bonds. The largest absolute Gasteiger partial charge is 0.416 e. The summed E-state index contributed by atoms with van der Waals surface area (Å²) in [5.74, 6) is -0.606. The van der Waals surface area contributed by atoms with Crippen molar-refractivity contribution in [3.63, 3.8) is 0 Å². The van der Waals surface area contributed by atoms with Crippen molar-refractivity contribution >= 4 is 21.1 Å². The van der Waals surface area contributed by atoms with Gasteiger partial charge in [-0.1, -0.05) is 12.1 Å². The molecule has 3 N–H and O–H groups in total. The van der Waals surface area contributed by atoms with Crippen LogP contribution in [0.4, 0.5) is 17.6 Å². The minimum Gasteiger partial charge on any atom is -0.327 e. The van der Waals surface area contributed by atoms with Crippen LogP contribution in [-0.4, -0.2) is 30.6 Å². The smallest absolute Gasteiger partial charge is 0.327 e. The van der Waals surface area contributed by atoms with Gasteiger partial charge in [0, 0.05) is 18.2 Å². The molecular formula is C21H20F4N4O2S. The molecule has 170 valence electrons. The number of rotatable bonds is 7. The molecule has 0 spiro atoms. The Morgan fingerprint density at radius 2 is 2.00 bits per heavy atom. The highest BCUT2D eigenvalue weighted by Gasteiger charge is 2.33. The summed E-state index contributed by atoms with van der Waals surface area (Å²) in [6, 6.07) is 7.37. The lowest BCUT2D eigenvalue weighted by atomic mass is 10.0. The van der Waals surface area contributed by atoms with Crippen molar-refractivity contribution in [2.24, 2.45) is 5.73 Å². The van der Waals surface area contributed by atoms with E-state index in [0.717, 1.165) is 31.1 Å². The number of nitrogens with two attached hydrogens (primary N) is 1. The molecule has 11 heteroatoms. The number of hydrogen-bond donors (Lipinski definition) is 2. The van der Waals surface area contributed by atoms with E-state index in [9.17, 15) is 26.0 Å². The molecule has 32 heavy (non-hydrogen) atoms. The average Bonchev–Trinajstić information content (AvgIpc) is 3.44. The summed E-state index contributed by atoms with van der Waals surface area (Å²) in [6.45, 7) is -0.373. The van der Waals surface area contributed by atoms with Gasteiger partial charge in [0.1, 0.15) is 5.83 Å². The number of nitrogens with zero attached hydrogens (tertiary/aromatic N) is 2. The Morgan fingerprint density at radius 1 is 1.25 bits per heavy atom. The molecule has 3 aromatic rings. The van der Waals surface area contributed by atoms with Gasteiger partial charge in [0.05, 0.1) is 34.4 Å². The van der Waals surface area contributed by atoms with Gasteiger partial charge >= 0.3 is 6.18 Å². The summed E-state index contributed by atoms with van der Waals surface area (Å²) in [5.41, 5.74) is 4.96. The van der Waals surface area contributed by atoms with Gasteiger partial charge in [0.15, 0.2) is 0 Å². The molecule has 1 aliphatic rings. The Hall–Kier alpha value is -2.76. The summed E-state index contributed by atoms with van der Waals surface area (Å²) in [7, 11) is -3.80. The molecule has 0 aliphatic heterocycles. The number of alkyl halides is 3. The van der Waals surface area contributed by atoms with Crippen molar-refractivity contribution in [1.82, 2.24) is 14.3 Å². The van der Waals surface area contributed by atoms with E-state index < -0.39 is 27.6 Å². The average molecular weight is 468 g/mol. The lowest BCUT2D eigenvalue weighted by Crippen LogP contribution is -2.25. The van der Waals surface area contributed by atoms with E-state index in [4.69, 9.17) is 5.73 Å². The fourth-order valence-electron chi connectivity index (χ4n) is 3.35. The third-order valence-corrected chi connectivity index (χ3v) is 6.59. The van der Waals surface area contributed by atoms with Crippen LogP contribution in [0, 0.1) is 0 Å². The van der Waals surface area contributed by atoms with E-state index in [1.807, 2.05) is 0 Å². The van der Waals surface area contributed by atoms with Crippen LogP contribution in [0.3, 0.4) is 0 Å². The zero-order valence-electron chi connectivity index (χ0n) is 16.7. The topological polar surface area (TPSA) is 90.0 Å². The summed E-state index contributed by atoms with van der Waals surface area (Å²) in [5, 5.41) is 0. The van der Waals surface area contributed by atoms with Crippen molar-refractivity contribution in [2.75, 3.05) is 6.54 Å². The molecule has 1 aromatic heterocycles. The summed E-state index contributed by atoms with van der Waals surface area (Å²) < 4.78 is 83.8. The zero-order valence-corrected chi connectivity index (χ0v) is 17.5. The SMILES string of the molecule is NC/C=C(\F)Cn1cnc2c(-c3cccc(S(=O)(=O)NC4CC4)c3)cc(C(F)(F)F)cc21. The Kier molecular flexibility index (Phi) is 5.82. The maximum absolute atomic E-state index is 14.0. The first-order valence-corrected chi connectivity index (χ1v) is 11.3. The van der Waals surface area contributed by atoms with E-state index >= 15 is 0 Å². The van der Waals surface area contributed by atoms with Gasteiger partial charge in [-0.2, -0.15) is 13.2 Å². The molecule has 0 bridgehead atoms. The van der Waals surface area contributed by atoms with Crippen molar-refractivity contribution in [3.8, 4) is 11.1 Å². The van der Waals surface area contributed by atoms with Gasteiger partial charge in [0.25, 0.3) is 0 Å². The second kappa shape index (κ2) is 8.30. The molecular weight excluding hydrogens is 448 g/mol. The van der Waals surface area contributed by atoms with Gasteiger partial charge in [-0.05, 0) is 48.7 Å². The normalized spacial score (nSPS) is 15.5. The second-order valence-corrected chi connectivity index (χ2v) is 9.29. The van der Waals surface area contributed by atoms with Gasteiger partial charge in [-0.25, -0.2) is 22.5 Å². The van der Waals surface area contributed by atoms with E-state index in [2.05, 4.69) is 9.71 Å². The number of fused-ring (bicyclic) bond motifs is 1. The Labute approximate surface area is 181 Å². The highest BCUT2D eigenvalue weighted by atomic mass is 32.2. The van der Waals surface area contributed by atoms with E-state index in [0.29, 0.717) is 0 Å². The minimum absolute atomic E-state index is 0.0479. The molecule has 1 fully saturated rings. The third-order valence-electron chi connectivity index (χ3n) is 5.07. The molecule has 0 unspecified atom stereocenters. The van der Waals surface area contributed by atoms with Crippen LogP contribution in [0.2, 0.25) is 0 Å². The van der Waals surface area contributed by atoms with E-state index in [1.54, 1.807) is 0 Å². The molecule has 1 heterocycles. The van der Waals surface area contributed by atoms with Crippen LogP contribution in [-0.2, 0) is 22.7 Å². The van der Waals surface area contributed by atoms with Gasteiger partial charge in [0.2, 0.25) is 10.0 Å². The fourth-order valence-corrected chi connectivity index (χ4v) is 4.70. The van der Waals surface area contributed by atoms with Crippen molar-refractivity contribution in [2.45, 2.75) is 36.5 Å². The lowest BCUT2D eigenvalue weighted by Gasteiger charge is -2.13. The number of benzene rings is 2. The molecule has 0 radical (unpaired) electrons. The Bertz CT molecular complexity index is 1290. The number of allylic oxidation sites excluding steroid dienone is 1. The van der Waals surface area contributed by atoms with Crippen LogP contribution in [0.15, 0.2) is 59.5 Å². The first-order chi connectivity index (χ1) is 15.1. The second-order valence-electron chi connectivity index (χ2n) is 7.57. The number of hydrogen-bond acceptors (Lipinski definition) is 4. The molecule has 1 aliphatic carbocycles. The molecule has 0 saturated heterocycles. The maximum Gasteiger partial charge on any atom is 0.416 e. The highest BCUT2D eigenvalue weighted by Crippen LogP contribution is 2.37. The fraction of sp³-hybridized carbons (Fsp3) is 0.286.